The Kier molecular flexibility index (Phi) is 4.15. The summed E-state index contributed by atoms with van der Waals surface area (Å²) in [5, 5.41) is 14.9. The summed E-state index contributed by atoms with van der Waals surface area (Å²) < 4.78 is 16.5. The molecule has 1 N–H and O–H groups in total. The molecule has 0 unspecified atom stereocenters. The topological polar surface area (TPSA) is 75.4 Å². The van der Waals surface area contributed by atoms with Crippen molar-refractivity contribution in [1.29, 1.82) is 0 Å². The lowest BCUT2D eigenvalue weighted by Gasteiger charge is -2.37. The summed E-state index contributed by atoms with van der Waals surface area (Å²) in [7, 11) is 0. The third-order valence-electron chi connectivity index (χ3n) is 4.38. The zero-order valence-electron chi connectivity index (χ0n) is 14.3. The van der Waals surface area contributed by atoms with E-state index in [1.165, 1.54) is 0 Å². The number of piperidine rings is 1. The van der Waals surface area contributed by atoms with Gasteiger partial charge in [-0.05, 0) is 12.1 Å². The van der Waals surface area contributed by atoms with E-state index in [-0.39, 0.29) is 12.5 Å². The first-order valence-electron chi connectivity index (χ1n) is 8.16. The van der Waals surface area contributed by atoms with Gasteiger partial charge >= 0.3 is 0 Å². The van der Waals surface area contributed by atoms with Gasteiger partial charge in [0.1, 0.15) is 17.8 Å². The van der Waals surface area contributed by atoms with E-state index in [0.717, 1.165) is 5.82 Å². The summed E-state index contributed by atoms with van der Waals surface area (Å²) in [6, 6.07) is 3.72. The highest BCUT2D eigenvalue weighted by Gasteiger charge is 2.36. The van der Waals surface area contributed by atoms with Crippen LogP contribution in [0.3, 0.4) is 0 Å². The maximum absolute atomic E-state index is 14.9. The number of hydrogen-bond donors (Lipinski definition) is 1. The van der Waals surface area contributed by atoms with Crippen LogP contribution in [0.2, 0.25) is 0 Å². The molecule has 1 fully saturated rings. The lowest BCUT2D eigenvalue weighted by molar-refractivity contribution is -0.129. The Bertz CT molecular complexity index is 729. The molecule has 1 amide bonds. The van der Waals surface area contributed by atoms with Crippen molar-refractivity contribution in [3.63, 3.8) is 0 Å². The number of anilines is 1. The molecule has 8 heteroatoms. The maximum atomic E-state index is 14.9. The Balaban J connectivity index is 1.59. The van der Waals surface area contributed by atoms with E-state index in [1.807, 2.05) is 37.8 Å². The van der Waals surface area contributed by atoms with Crippen LogP contribution in [0.25, 0.3) is 5.65 Å². The fraction of sp³-hybridized carbons (Fsp3) is 0.625. The Morgan fingerprint density at radius 2 is 2.04 bits per heavy atom. The minimum atomic E-state index is -1.36. The van der Waals surface area contributed by atoms with Crippen LogP contribution >= 0.6 is 0 Å². The first-order chi connectivity index (χ1) is 11.3. The molecule has 0 aliphatic carbocycles. The molecule has 1 aliphatic rings. The predicted octanol–water partition coefficient (Wildman–Crippen LogP) is 1.60. The van der Waals surface area contributed by atoms with Gasteiger partial charge in [0.2, 0.25) is 5.91 Å². The van der Waals surface area contributed by atoms with E-state index in [9.17, 15) is 9.18 Å². The summed E-state index contributed by atoms with van der Waals surface area (Å²) in [4.78, 5) is 14.0. The summed E-state index contributed by atoms with van der Waals surface area (Å²) in [6.07, 6.45) is 2.27. The molecule has 2 aromatic heterocycles. The second-order valence-corrected chi connectivity index (χ2v) is 7.40. The third kappa shape index (κ3) is 3.47. The lowest BCUT2D eigenvalue weighted by atomic mass is 9.91. The van der Waals surface area contributed by atoms with Crippen LogP contribution in [-0.2, 0) is 4.79 Å². The van der Waals surface area contributed by atoms with Gasteiger partial charge in [0.25, 0.3) is 0 Å². The standard InChI is InChI=1S/C16H23FN6O/c1-15(2,3)14(24)18-10-16(17)6-8-22(9-7-16)13-5-4-12-20-19-11-23(12)21-13/h4-5,11H,6-10H2,1-3H3,(H,18,24). The highest BCUT2D eigenvalue weighted by Crippen LogP contribution is 2.28. The molecule has 0 atom stereocenters. The average Bonchev–Trinajstić information content (AvgIpc) is 3.00. The molecule has 24 heavy (non-hydrogen) atoms. The lowest BCUT2D eigenvalue weighted by Crippen LogP contribution is -2.50. The van der Waals surface area contributed by atoms with Crippen LogP contribution in [0.15, 0.2) is 18.5 Å². The van der Waals surface area contributed by atoms with Gasteiger partial charge < -0.3 is 10.2 Å². The van der Waals surface area contributed by atoms with Crippen LogP contribution < -0.4 is 10.2 Å². The second kappa shape index (κ2) is 5.99. The van der Waals surface area contributed by atoms with Gasteiger partial charge in [-0.15, -0.1) is 15.3 Å². The number of halogens is 1. The molecule has 3 rings (SSSR count). The minimum absolute atomic E-state index is 0.0643. The van der Waals surface area contributed by atoms with E-state index < -0.39 is 11.1 Å². The third-order valence-corrected chi connectivity index (χ3v) is 4.38. The van der Waals surface area contributed by atoms with Crippen molar-refractivity contribution in [2.24, 2.45) is 5.41 Å². The molecule has 0 bridgehead atoms. The molecule has 2 aromatic rings. The summed E-state index contributed by atoms with van der Waals surface area (Å²) in [6.45, 7) is 6.65. The Labute approximate surface area is 140 Å². The number of carbonyl (C=O) groups excluding carboxylic acids is 1. The fourth-order valence-corrected chi connectivity index (χ4v) is 2.70. The molecule has 1 aliphatic heterocycles. The summed E-state index contributed by atoms with van der Waals surface area (Å²) in [5.41, 5.74) is -1.19. The molecule has 0 radical (unpaired) electrons. The monoisotopic (exact) mass is 334 g/mol. The Morgan fingerprint density at radius 3 is 2.71 bits per heavy atom. The van der Waals surface area contributed by atoms with Gasteiger partial charge in [0.15, 0.2) is 5.65 Å². The van der Waals surface area contributed by atoms with Crippen molar-refractivity contribution >= 4 is 17.4 Å². The van der Waals surface area contributed by atoms with Gasteiger partial charge in [-0.1, -0.05) is 20.8 Å². The highest BCUT2D eigenvalue weighted by molar-refractivity contribution is 5.81. The van der Waals surface area contributed by atoms with Gasteiger partial charge in [-0.2, -0.15) is 4.52 Å². The SMILES string of the molecule is CC(C)(C)C(=O)NCC1(F)CCN(c2ccc3nncn3n2)CC1. The zero-order chi connectivity index (χ0) is 17.4. The van der Waals surface area contributed by atoms with Crippen molar-refractivity contribution < 1.29 is 9.18 Å². The number of rotatable bonds is 3. The van der Waals surface area contributed by atoms with Crippen molar-refractivity contribution in [3.8, 4) is 0 Å². The summed E-state index contributed by atoms with van der Waals surface area (Å²) in [5.74, 6) is 0.657. The van der Waals surface area contributed by atoms with Crippen molar-refractivity contribution in [2.75, 3.05) is 24.5 Å². The van der Waals surface area contributed by atoms with Gasteiger partial charge in [-0.25, -0.2) is 4.39 Å². The van der Waals surface area contributed by atoms with E-state index in [4.69, 9.17) is 0 Å². The van der Waals surface area contributed by atoms with Crippen molar-refractivity contribution in [3.05, 3.63) is 18.5 Å². The Hall–Kier alpha value is -2.25. The fourth-order valence-electron chi connectivity index (χ4n) is 2.70. The smallest absolute Gasteiger partial charge is 0.225 e. The van der Waals surface area contributed by atoms with Gasteiger partial charge in [-0.3, -0.25) is 4.79 Å². The zero-order valence-corrected chi connectivity index (χ0v) is 14.3. The number of alkyl halides is 1. The van der Waals surface area contributed by atoms with E-state index >= 15 is 0 Å². The average molecular weight is 334 g/mol. The van der Waals surface area contributed by atoms with Crippen LogP contribution in [-0.4, -0.2) is 51.0 Å². The van der Waals surface area contributed by atoms with Gasteiger partial charge in [0.05, 0.1) is 6.54 Å². The minimum Gasteiger partial charge on any atom is -0.355 e. The molecule has 1 saturated heterocycles. The summed E-state index contributed by atoms with van der Waals surface area (Å²) >= 11 is 0. The highest BCUT2D eigenvalue weighted by atomic mass is 19.1. The van der Waals surface area contributed by atoms with Gasteiger partial charge in [0, 0.05) is 31.3 Å². The van der Waals surface area contributed by atoms with E-state index in [1.54, 1.807) is 10.8 Å². The Morgan fingerprint density at radius 1 is 1.33 bits per heavy atom. The van der Waals surface area contributed by atoms with Crippen LogP contribution in [0.1, 0.15) is 33.6 Å². The number of amides is 1. The van der Waals surface area contributed by atoms with Crippen LogP contribution in [0.5, 0.6) is 0 Å². The number of fused-ring (bicyclic) bond motifs is 1. The first kappa shape index (κ1) is 16.6. The molecule has 130 valence electrons. The predicted molar refractivity (Wildman–Crippen MR) is 88.5 cm³/mol. The number of nitrogens with zero attached hydrogens (tertiary/aromatic N) is 5. The van der Waals surface area contributed by atoms with Crippen LogP contribution in [0, 0.1) is 5.41 Å². The van der Waals surface area contributed by atoms with Crippen molar-refractivity contribution in [1.82, 2.24) is 25.1 Å². The second-order valence-electron chi connectivity index (χ2n) is 7.40. The molecular formula is C16H23FN6O. The number of aromatic nitrogens is 4. The molecule has 0 saturated carbocycles. The largest absolute Gasteiger partial charge is 0.355 e. The maximum Gasteiger partial charge on any atom is 0.225 e. The van der Waals surface area contributed by atoms with Crippen molar-refractivity contribution in [2.45, 2.75) is 39.3 Å². The molecule has 7 nitrogen and oxygen atoms in total. The number of hydrogen-bond acceptors (Lipinski definition) is 5. The quantitative estimate of drug-likeness (QED) is 0.923. The molecule has 0 spiro atoms. The molecule has 0 aromatic carbocycles. The molecule has 3 heterocycles. The van der Waals surface area contributed by atoms with E-state index in [0.29, 0.717) is 31.6 Å². The normalized spacial score (nSPS) is 17.9. The van der Waals surface area contributed by atoms with Crippen LogP contribution in [0.4, 0.5) is 10.2 Å². The number of nitrogens with one attached hydrogen (secondary N) is 1. The number of carbonyl (C=O) groups is 1. The molecular weight excluding hydrogens is 311 g/mol. The first-order valence-corrected chi connectivity index (χ1v) is 8.16. The van der Waals surface area contributed by atoms with E-state index in [2.05, 4.69) is 20.6 Å².